The van der Waals surface area contributed by atoms with Crippen molar-refractivity contribution in [2.75, 3.05) is 18.9 Å². The van der Waals surface area contributed by atoms with Crippen LogP contribution in [0.2, 0.25) is 5.02 Å². The lowest BCUT2D eigenvalue weighted by molar-refractivity contribution is -0.135. The Morgan fingerprint density at radius 3 is 2.64 bits per heavy atom. The van der Waals surface area contributed by atoms with Gasteiger partial charge in [0.2, 0.25) is 0 Å². The molecule has 8 heteroatoms. The van der Waals surface area contributed by atoms with E-state index in [0.717, 1.165) is 16.5 Å². The van der Waals surface area contributed by atoms with E-state index in [1.165, 1.54) is 7.05 Å². The molecule has 3 rings (SSSR count). The zero-order valence-corrected chi connectivity index (χ0v) is 15.9. The Bertz CT molecular complexity index is 1040. The summed E-state index contributed by atoms with van der Waals surface area (Å²) in [4.78, 5) is 38.9. The molecule has 0 saturated carbocycles. The van der Waals surface area contributed by atoms with E-state index >= 15 is 0 Å². The van der Waals surface area contributed by atoms with E-state index in [2.05, 4.69) is 20.9 Å². The largest absolute Gasteiger partial charge is 0.361 e. The van der Waals surface area contributed by atoms with E-state index < -0.39 is 11.8 Å². The number of fused-ring (bicyclic) bond motifs is 1. The highest BCUT2D eigenvalue weighted by Crippen LogP contribution is 2.22. The number of benzene rings is 2. The molecule has 2 aromatic carbocycles. The summed E-state index contributed by atoms with van der Waals surface area (Å²) >= 11 is 6.06. The first-order valence-electron chi connectivity index (χ1n) is 8.65. The quantitative estimate of drug-likeness (QED) is 0.496. The number of para-hydroxylation sites is 1. The average Bonchev–Trinajstić information content (AvgIpc) is 3.09. The molecule has 1 aromatic heterocycles. The number of aromatic amines is 1. The number of aromatic nitrogens is 1. The molecule has 3 aromatic rings. The van der Waals surface area contributed by atoms with Crippen molar-refractivity contribution in [1.82, 2.24) is 15.6 Å². The van der Waals surface area contributed by atoms with Gasteiger partial charge < -0.3 is 20.9 Å². The molecule has 28 heavy (non-hydrogen) atoms. The Balaban J connectivity index is 1.66. The van der Waals surface area contributed by atoms with Gasteiger partial charge in [0.15, 0.2) is 0 Å². The number of carbonyl (C=O) groups excluding carboxylic acids is 3. The van der Waals surface area contributed by atoms with E-state index in [-0.39, 0.29) is 17.2 Å². The average molecular weight is 399 g/mol. The third-order valence-electron chi connectivity index (χ3n) is 4.26. The molecule has 7 nitrogen and oxygen atoms in total. The highest BCUT2D eigenvalue weighted by Gasteiger charge is 2.16. The summed E-state index contributed by atoms with van der Waals surface area (Å²) in [7, 11) is 1.36. The van der Waals surface area contributed by atoms with Gasteiger partial charge in [-0.1, -0.05) is 23.7 Å². The predicted molar refractivity (Wildman–Crippen MR) is 108 cm³/mol. The summed E-state index contributed by atoms with van der Waals surface area (Å²) in [6.45, 7) is 0.399. The van der Waals surface area contributed by atoms with E-state index in [9.17, 15) is 14.4 Å². The number of anilines is 1. The van der Waals surface area contributed by atoms with Crippen molar-refractivity contribution >= 4 is 45.9 Å². The van der Waals surface area contributed by atoms with Crippen molar-refractivity contribution in [2.45, 2.75) is 6.42 Å². The van der Waals surface area contributed by atoms with Crippen molar-refractivity contribution in [1.29, 1.82) is 0 Å². The molecular formula is C20H19ClN4O3. The fourth-order valence-corrected chi connectivity index (χ4v) is 3.02. The molecule has 0 fully saturated rings. The summed E-state index contributed by atoms with van der Waals surface area (Å²) in [5.74, 6) is -1.96. The first-order chi connectivity index (χ1) is 13.5. The molecule has 0 spiro atoms. The number of amides is 3. The van der Waals surface area contributed by atoms with Crippen LogP contribution >= 0.6 is 11.6 Å². The van der Waals surface area contributed by atoms with Crippen molar-refractivity contribution in [3.63, 3.8) is 0 Å². The second kappa shape index (κ2) is 8.58. The van der Waals surface area contributed by atoms with Crippen molar-refractivity contribution in [2.24, 2.45) is 0 Å². The summed E-state index contributed by atoms with van der Waals surface area (Å²) < 4.78 is 0. The maximum Gasteiger partial charge on any atom is 0.313 e. The van der Waals surface area contributed by atoms with Gasteiger partial charge in [0.05, 0.1) is 11.3 Å². The molecule has 0 aliphatic carbocycles. The van der Waals surface area contributed by atoms with Crippen molar-refractivity contribution in [3.05, 3.63) is 64.8 Å². The van der Waals surface area contributed by atoms with Gasteiger partial charge in [0, 0.05) is 35.7 Å². The summed E-state index contributed by atoms with van der Waals surface area (Å²) in [5.41, 5.74) is 2.57. The van der Waals surface area contributed by atoms with Gasteiger partial charge >= 0.3 is 11.8 Å². The van der Waals surface area contributed by atoms with E-state index in [1.807, 2.05) is 24.4 Å². The Hall–Kier alpha value is -3.32. The van der Waals surface area contributed by atoms with E-state index in [0.29, 0.717) is 18.0 Å². The lowest BCUT2D eigenvalue weighted by Gasteiger charge is -2.11. The first kappa shape index (κ1) is 19.4. The summed E-state index contributed by atoms with van der Waals surface area (Å²) in [6, 6.07) is 12.1. The predicted octanol–water partition coefficient (Wildman–Crippen LogP) is 2.48. The zero-order chi connectivity index (χ0) is 20.1. The number of likely N-dealkylation sites (N-methyl/N-ethyl adjacent to an activating group) is 1. The Morgan fingerprint density at radius 1 is 1.07 bits per heavy atom. The summed E-state index contributed by atoms with van der Waals surface area (Å²) in [5, 5.41) is 9.18. The number of hydrogen-bond acceptors (Lipinski definition) is 3. The fraction of sp³-hybridized carbons (Fsp3) is 0.150. The van der Waals surface area contributed by atoms with Crippen LogP contribution in [0, 0.1) is 0 Å². The number of hydrogen-bond donors (Lipinski definition) is 4. The van der Waals surface area contributed by atoms with Crippen LogP contribution in [0.25, 0.3) is 10.9 Å². The van der Waals surface area contributed by atoms with Crippen molar-refractivity contribution < 1.29 is 14.4 Å². The summed E-state index contributed by atoms with van der Waals surface area (Å²) in [6.07, 6.45) is 2.50. The van der Waals surface area contributed by atoms with Crippen LogP contribution in [0.1, 0.15) is 15.9 Å². The van der Waals surface area contributed by atoms with Gasteiger partial charge in [-0.05, 0) is 42.3 Å². The van der Waals surface area contributed by atoms with Crippen molar-refractivity contribution in [3.8, 4) is 0 Å². The first-order valence-corrected chi connectivity index (χ1v) is 9.03. The maximum absolute atomic E-state index is 12.5. The molecule has 1 heterocycles. The molecule has 0 aliphatic rings. The van der Waals surface area contributed by atoms with Crippen LogP contribution in [0.3, 0.4) is 0 Å². The van der Waals surface area contributed by atoms with Gasteiger partial charge in [-0.15, -0.1) is 0 Å². The lowest BCUT2D eigenvalue weighted by Crippen LogP contribution is -2.34. The highest BCUT2D eigenvalue weighted by molar-refractivity contribution is 6.39. The minimum absolute atomic E-state index is 0.271. The molecule has 0 radical (unpaired) electrons. The van der Waals surface area contributed by atoms with Gasteiger partial charge in [0.25, 0.3) is 5.91 Å². The third kappa shape index (κ3) is 4.32. The second-order valence-electron chi connectivity index (χ2n) is 6.09. The van der Waals surface area contributed by atoms with Gasteiger partial charge in [-0.3, -0.25) is 14.4 Å². The maximum atomic E-state index is 12.5. The number of H-pyrrole nitrogens is 1. The number of rotatable bonds is 5. The molecule has 4 N–H and O–H groups in total. The van der Waals surface area contributed by atoms with Crippen LogP contribution in [-0.4, -0.2) is 36.3 Å². The third-order valence-corrected chi connectivity index (χ3v) is 4.50. The number of nitrogens with one attached hydrogen (secondary N) is 4. The molecule has 0 bridgehead atoms. The van der Waals surface area contributed by atoms with Crippen LogP contribution in [0.5, 0.6) is 0 Å². The molecule has 0 aliphatic heterocycles. The van der Waals surface area contributed by atoms with Crippen LogP contribution < -0.4 is 16.0 Å². The molecule has 3 amide bonds. The zero-order valence-electron chi connectivity index (χ0n) is 15.1. The van der Waals surface area contributed by atoms with Gasteiger partial charge in [-0.25, -0.2) is 0 Å². The van der Waals surface area contributed by atoms with E-state index in [4.69, 9.17) is 11.6 Å². The SMILES string of the molecule is CNC(=O)C(=O)Nc1ccccc1C(=O)NCCc1c[nH]c2ccc(Cl)cc12. The topological polar surface area (TPSA) is 103 Å². The number of carbonyl (C=O) groups is 3. The van der Waals surface area contributed by atoms with Gasteiger partial charge in [0.1, 0.15) is 0 Å². The Morgan fingerprint density at radius 2 is 1.86 bits per heavy atom. The second-order valence-corrected chi connectivity index (χ2v) is 6.52. The van der Waals surface area contributed by atoms with Crippen LogP contribution in [0.4, 0.5) is 5.69 Å². The minimum Gasteiger partial charge on any atom is -0.361 e. The Kier molecular flexibility index (Phi) is 5.96. The molecule has 144 valence electrons. The minimum atomic E-state index is -0.835. The lowest BCUT2D eigenvalue weighted by atomic mass is 10.1. The molecular weight excluding hydrogens is 380 g/mol. The molecule has 0 unspecified atom stereocenters. The Labute approximate surface area is 166 Å². The standard InChI is InChI=1S/C20H19ClN4O3/c1-22-19(27)20(28)25-17-5-3-2-4-14(17)18(26)23-9-8-12-11-24-16-7-6-13(21)10-15(12)16/h2-7,10-11,24H,8-9H2,1H3,(H,22,27)(H,23,26)(H,25,28). The van der Waals surface area contributed by atoms with Gasteiger partial charge in [-0.2, -0.15) is 0 Å². The molecule has 0 saturated heterocycles. The van der Waals surface area contributed by atoms with E-state index in [1.54, 1.807) is 24.3 Å². The monoisotopic (exact) mass is 398 g/mol. The highest BCUT2D eigenvalue weighted by atomic mass is 35.5. The smallest absolute Gasteiger partial charge is 0.313 e. The molecule has 0 atom stereocenters. The fourth-order valence-electron chi connectivity index (χ4n) is 2.85. The normalized spacial score (nSPS) is 10.5. The van der Waals surface area contributed by atoms with Crippen LogP contribution in [0.15, 0.2) is 48.7 Å². The van der Waals surface area contributed by atoms with Crippen LogP contribution in [-0.2, 0) is 16.0 Å². The number of halogens is 1.